The van der Waals surface area contributed by atoms with Crippen LogP contribution in [-0.4, -0.2) is 28.4 Å². The second-order valence-corrected chi connectivity index (χ2v) is 5.39. The molecule has 94 valence electrons. The molecule has 0 aliphatic heterocycles. The van der Waals surface area contributed by atoms with E-state index in [2.05, 4.69) is 15.9 Å². The summed E-state index contributed by atoms with van der Waals surface area (Å²) in [4.78, 5) is 24.9. The highest BCUT2D eigenvalue weighted by Gasteiger charge is 2.31. The van der Waals surface area contributed by atoms with E-state index in [1.807, 2.05) is 6.92 Å². The Balaban J connectivity index is 3.12. The predicted molar refractivity (Wildman–Crippen MR) is 70.1 cm³/mol. The summed E-state index contributed by atoms with van der Waals surface area (Å²) in [6.45, 7) is 3.75. The van der Waals surface area contributed by atoms with Crippen LogP contribution in [0.2, 0.25) is 0 Å². The average Bonchev–Trinajstić information content (AvgIpc) is 2.63. The first-order valence-electron chi connectivity index (χ1n) is 5.22. The summed E-state index contributed by atoms with van der Waals surface area (Å²) >= 11 is 4.65. The third-order valence-corrected chi connectivity index (χ3v) is 4.23. The highest BCUT2D eigenvalue weighted by Crippen LogP contribution is 2.33. The predicted octanol–water partition coefficient (Wildman–Crippen LogP) is 2.89. The van der Waals surface area contributed by atoms with Gasteiger partial charge in [0.25, 0.3) is 0 Å². The minimum absolute atomic E-state index is 0.223. The van der Waals surface area contributed by atoms with Crippen molar-refractivity contribution >= 4 is 39.1 Å². The molecule has 0 aliphatic rings. The van der Waals surface area contributed by atoms with E-state index in [1.54, 1.807) is 11.4 Å². The van der Waals surface area contributed by atoms with Gasteiger partial charge < -0.3 is 10.0 Å². The number of rotatable bonds is 5. The maximum Gasteiger partial charge on any atom is 0.332 e. The number of nitrogens with zero attached hydrogens (tertiary/aromatic N) is 1. The Bertz CT molecular complexity index is 419. The Kier molecular flexibility index (Phi) is 5.14. The zero-order valence-corrected chi connectivity index (χ0v) is 12.0. The molecule has 4 nitrogen and oxygen atoms in total. The van der Waals surface area contributed by atoms with E-state index in [0.717, 1.165) is 10.9 Å². The molecule has 0 spiro atoms. The van der Waals surface area contributed by atoms with Gasteiger partial charge in [0.15, 0.2) is 6.04 Å². The van der Waals surface area contributed by atoms with Crippen LogP contribution in [0, 0.1) is 0 Å². The molecule has 1 heterocycles. The van der Waals surface area contributed by atoms with E-state index in [9.17, 15) is 14.7 Å². The number of hydrogen-bond donors (Lipinski definition) is 1. The Hall–Kier alpha value is -0.880. The normalized spacial score (nSPS) is 12.2. The molecular weight excluding hydrogens is 306 g/mol. The van der Waals surface area contributed by atoms with Crippen LogP contribution >= 0.6 is 27.3 Å². The molecule has 1 N–H and O–H groups in total. The van der Waals surface area contributed by atoms with Gasteiger partial charge >= 0.3 is 5.97 Å². The number of carboxylic acids is 1. The summed E-state index contributed by atoms with van der Waals surface area (Å²) in [6.07, 6.45) is 0.729. The minimum Gasteiger partial charge on any atom is -0.479 e. The molecule has 1 rings (SSSR count). The lowest BCUT2D eigenvalue weighted by Crippen LogP contribution is -2.37. The Labute approximate surface area is 112 Å². The standard InChI is InChI=1S/C11H14BrNO3S/c1-3-5-13(7(2)14)9(11(15)16)10-8(12)4-6-17-10/h4,6,9H,3,5H2,1-2H3,(H,15,16). The lowest BCUT2D eigenvalue weighted by molar-refractivity contribution is -0.149. The van der Waals surface area contributed by atoms with Crippen LogP contribution in [-0.2, 0) is 9.59 Å². The molecule has 6 heteroatoms. The first-order chi connectivity index (χ1) is 7.99. The molecule has 0 saturated heterocycles. The van der Waals surface area contributed by atoms with Crippen molar-refractivity contribution in [3.8, 4) is 0 Å². The maximum absolute atomic E-state index is 11.5. The van der Waals surface area contributed by atoms with Crippen LogP contribution in [0.1, 0.15) is 31.2 Å². The van der Waals surface area contributed by atoms with Crippen molar-refractivity contribution in [3.63, 3.8) is 0 Å². The number of hydrogen-bond acceptors (Lipinski definition) is 3. The molecule has 17 heavy (non-hydrogen) atoms. The topological polar surface area (TPSA) is 57.6 Å². The average molecular weight is 320 g/mol. The van der Waals surface area contributed by atoms with Gasteiger partial charge in [-0.25, -0.2) is 4.79 Å². The molecule has 0 bridgehead atoms. The van der Waals surface area contributed by atoms with E-state index in [-0.39, 0.29) is 5.91 Å². The van der Waals surface area contributed by atoms with Gasteiger partial charge in [0.1, 0.15) is 0 Å². The van der Waals surface area contributed by atoms with E-state index in [4.69, 9.17) is 0 Å². The van der Waals surface area contributed by atoms with Crippen molar-refractivity contribution in [2.75, 3.05) is 6.54 Å². The first kappa shape index (κ1) is 14.2. The monoisotopic (exact) mass is 319 g/mol. The van der Waals surface area contributed by atoms with Crippen molar-refractivity contribution in [2.24, 2.45) is 0 Å². The summed E-state index contributed by atoms with van der Waals surface area (Å²) < 4.78 is 0.734. The highest BCUT2D eigenvalue weighted by atomic mass is 79.9. The Morgan fingerprint density at radius 3 is 2.59 bits per heavy atom. The summed E-state index contributed by atoms with van der Waals surface area (Å²) in [6, 6.07) is 0.891. The van der Waals surface area contributed by atoms with Gasteiger partial charge in [0.05, 0.1) is 4.88 Å². The third-order valence-electron chi connectivity index (χ3n) is 2.31. The van der Waals surface area contributed by atoms with E-state index < -0.39 is 12.0 Å². The Morgan fingerprint density at radius 2 is 2.24 bits per heavy atom. The second kappa shape index (κ2) is 6.16. The fourth-order valence-electron chi connectivity index (χ4n) is 1.60. The van der Waals surface area contributed by atoms with Crippen LogP contribution in [0.15, 0.2) is 15.9 Å². The van der Waals surface area contributed by atoms with Crippen molar-refractivity contribution in [3.05, 3.63) is 20.8 Å². The summed E-state index contributed by atoms with van der Waals surface area (Å²) in [7, 11) is 0. The largest absolute Gasteiger partial charge is 0.479 e. The highest BCUT2D eigenvalue weighted by molar-refractivity contribution is 9.10. The smallest absolute Gasteiger partial charge is 0.332 e. The molecule has 0 aliphatic carbocycles. The number of amides is 1. The van der Waals surface area contributed by atoms with Crippen LogP contribution in [0.4, 0.5) is 0 Å². The van der Waals surface area contributed by atoms with E-state index in [1.165, 1.54) is 23.2 Å². The van der Waals surface area contributed by atoms with Gasteiger partial charge in [-0.1, -0.05) is 6.92 Å². The quantitative estimate of drug-likeness (QED) is 0.907. The Morgan fingerprint density at radius 1 is 1.59 bits per heavy atom. The van der Waals surface area contributed by atoms with Gasteiger partial charge in [-0.05, 0) is 33.8 Å². The summed E-state index contributed by atoms with van der Waals surface area (Å²) in [5.41, 5.74) is 0. The molecule has 0 radical (unpaired) electrons. The number of halogens is 1. The van der Waals surface area contributed by atoms with Crippen molar-refractivity contribution in [2.45, 2.75) is 26.3 Å². The van der Waals surface area contributed by atoms with E-state index >= 15 is 0 Å². The van der Waals surface area contributed by atoms with Gasteiger partial charge in [-0.15, -0.1) is 11.3 Å². The van der Waals surface area contributed by atoms with Crippen LogP contribution in [0.5, 0.6) is 0 Å². The van der Waals surface area contributed by atoms with Crippen LogP contribution < -0.4 is 0 Å². The van der Waals surface area contributed by atoms with Gasteiger partial charge in [0.2, 0.25) is 5.91 Å². The van der Waals surface area contributed by atoms with Crippen LogP contribution in [0.25, 0.3) is 0 Å². The van der Waals surface area contributed by atoms with Crippen molar-refractivity contribution < 1.29 is 14.7 Å². The minimum atomic E-state index is -1.00. The molecular formula is C11H14BrNO3S. The number of thiophene rings is 1. The zero-order chi connectivity index (χ0) is 13.0. The maximum atomic E-state index is 11.5. The number of carbonyl (C=O) groups excluding carboxylic acids is 1. The molecule has 0 aromatic carbocycles. The third kappa shape index (κ3) is 3.29. The van der Waals surface area contributed by atoms with Gasteiger partial charge in [-0.2, -0.15) is 0 Å². The van der Waals surface area contributed by atoms with Crippen molar-refractivity contribution in [1.82, 2.24) is 4.90 Å². The fourth-order valence-corrected chi connectivity index (χ4v) is 3.29. The molecule has 1 unspecified atom stereocenters. The van der Waals surface area contributed by atoms with Crippen LogP contribution in [0.3, 0.4) is 0 Å². The summed E-state index contributed by atoms with van der Waals surface area (Å²) in [5, 5.41) is 11.1. The lowest BCUT2D eigenvalue weighted by Gasteiger charge is -2.27. The number of carboxylic acid groups (broad SMARTS) is 1. The number of aliphatic carboxylic acids is 1. The fraction of sp³-hybridized carbons (Fsp3) is 0.455. The second-order valence-electron chi connectivity index (χ2n) is 3.59. The zero-order valence-electron chi connectivity index (χ0n) is 9.64. The molecule has 1 amide bonds. The lowest BCUT2D eigenvalue weighted by atomic mass is 10.2. The molecule has 1 aromatic heterocycles. The summed E-state index contributed by atoms with van der Waals surface area (Å²) in [5.74, 6) is -1.23. The van der Waals surface area contributed by atoms with E-state index in [0.29, 0.717) is 11.4 Å². The SMILES string of the molecule is CCCN(C(C)=O)C(C(=O)O)c1sccc1Br. The van der Waals surface area contributed by atoms with Gasteiger partial charge in [0, 0.05) is 17.9 Å². The molecule has 0 fully saturated rings. The number of carbonyl (C=O) groups is 2. The van der Waals surface area contributed by atoms with Crippen molar-refractivity contribution in [1.29, 1.82) is 0 Å². The molecule has 1 atom stereocenters. The molecule has 1 aromatic rings. The first-order valence-corrected chi connectivity index (χ1v) is 6.89. The van der Waals surface area contributed by atoms with Gasteiger partial charge in [-0.3, -0.25) is 4.79 Å². The molecule has 0 saturated carbocycles.